The molecule has 3 rings (SSSR count). The van der Waals surface area contributed by atoms with Gasteiger partial charge in [0.15, 0.2) is 0 Å². The average Bonchev–Trinajstić information content (AvgIpc) is 2.92. The maximum Gasteiger partial charge on any atom is 0.362 e. The number of β-lactam (4-membered cyclic amide) rings is 1. The van der Waals surface area contributed by atoms with Gasteiger partial charge >= 0.3 is 28.1 Å². The van der Waals surface area contributed by atoms with Crippen molar-refractivity contribution in [3.05, 3.63) is 30.3 Å². The summed E-state index contributed by atoms with van der Waals surface area (Å²) >= 11 is 1.40. The third-order valence-electron chi connectivity index (χ3n) is 6.28. The Morgan fingerprint density at radius 1 is 1.12 bits per heavy atom. The van der Waals surface area contributed by atoms with E-state index in [9.17, 15) is 37.2 Å². The number of amides is 7. The predicted octanol–water partition coefficient (Wildman–Crippen LogP) is -1.33. The molecule has 0 aliphatic carbocycles. The van der Waals surface area contributed by atoms with Crippen LogP contribution in [0.25, 0.3) is 0 Å². The van der Waals surface area contributed by atoms with E-state index in [2.05, 4.69) is 10.6 Å². The third kappa shape index (κ3) is 7.08. The number of likely N-dealkylation sites (N-methyl/N-ethyl adjacent to an activating group) is 1. The molecule has 0 saturated carbocycles. The lowest BCUT2D eigenvalue weighted by Crippen LogP contribution is -2.66. The monoisotopic (exact) mass is 598 g/mol. The largest absolute Gasteiger partial charge is 0.362 e. The van der Waals surface area contributed by atoms with Crippen LogP contribution in [-0.4, -0.2) is 119 Å². The summed E-state index contributed by atoms with van der Waals surface area (Å²) in [7, 11) is -4.74. The molecular formula is C23H30N6O9S2. The van der Waals surface area contributed by atoms with Gasteiger partial charge in [0.05, 0.1) is 6.54 Å². The Labute approximate surface area is 235 Å². The molecule has 2 heterocycles. The van der Waals surface area contributed by atoms with Crippen LogP contribution in [0.4, 0.5) is 10.5 Å². The van der Waals surface area contributed by atoms with E-state index < -0.39 is 71.0 Å². The number of thioether (sulfide) groups is 1. The second kappa shape index (κ2) is 13.1. The zero-order valence-corrected chi connectivity index (χ0v) is 23.4. The summed E-state index contributed by atoms with van der Waals surface area (Å²) in [5.41, 5.74) is 0.299. The summed E-state index contributed by atoms with van der Waals surface area (Å²) in [4.78, 5) is 79.4. The molecule has 0 bridgehead atoms. The highest BCUT2D eigenvalue weighted by Gasteiger charge is 2.45. The van der Waals surface area contributed by atoms with Gasteiger partial charge in [-0.1, -0.05) is 18.2 Å². The van der Waals surface area contributed by atoms with Gasteiger partial charge < -0.3 is 20.4 Å². The molecule has 3 N–H and O–H groups in total. The summed E-state index contributed by atoms with van der Waals surface area (Å²) in [6, 6.07) is 4.74. The first-order valence-electron chi connectivity index (χ1n) is 12.2. The van der Waals surface area contributed by atoms with E-state index in [1.165, 1.54) is 16.7 Å². The molecule has 17 heteroatoms. The molecule has 2 fully saturated rings. The van der Waals surface area contributed by atoms with Crippen molar-refractivity contribution in [3.63, 3.8) is 0 Å². The van der Waals surface area contributed by atoms with E-state index >= 15 is 0 Å². The summed E-state index contributed by atoms with van der Waals surface area (Å²) in [6.45, 7) is 1.07. The number of rotatable bonds is 11. The van der Waals surface area contributed by atoms with Crippen molar-refractivity contribution >= 4 is 63.3 Å². The Balaban J connectivity index is 1.77. The molecule has 7 amide bonds. The SMILES string of the molecule is CCN1CCN(C(=O)NC(CCSC)C(=O)N(CC(=O)NC2CN(S(=O)(=O)O)C2=O)c2ccccc2)C(=O)C1=O. The molecule has 2 unspecified atom stereocenters. The van der Waals surface area contributed by atoms with E-state index in [1.54, 1.807) is 43.5 Å². The molecule has 218 valence electrons. The van der Waals surface area contributed by atoms with Crippen LogP contribution in [0.3, 0.4) is 0 Å². The Bertz CT molecular complexity index is 1280. The highest BCUT2D eigenvalue weighted by Crippen LogP contribution is 2.18. The minimum Gasteiger partial charge on any atom is -0.341 e. The number of nitrogens with one attached hydrogen (secondary N) is 2. The number of carbonyl (C=O) groups is 6. The van der Waals surface area contributed by atoms with Crippen molar-refractivity contribution in [2.45, 2.75) is 25.4 Å². The van der Waals surface area contributed by atoms with Crippen LogP contribution in [0.5, 0.6) is 0 Å². The van der Waals surface area contributed by atoms with Crippen molar-refractivity contribution in [1.29, 1.82) is 0 Å². The van der Waals surface area contributed by atoms with Crippen LogP contribution in [0.1, 0.15) is 13.3 Å². The van der Waals surface area contributed by atoms with E-state index in [-0.39, 0.29) is 23.8 Å². The van der Waals surface area contributed by atoms with Gasteiger partial charge in [0.2, 0.25) is 11.8 Å². The molecule has 0 spiro atoms. The first-order valence-corrected chi connectivity index (χ1v) is 15.0. The fourth-order valence-electron chi connectivity index (χ4n) is 4.08. The Hall–Kier alpha value is -3.70. The molecule has 15 nitrogen and oxygen atoms in total. The van der Waals surface area contributed by atoms with Crippen LogP contribution in [0, 0.1) is 0 Å². The number of anilines is 1. The number of nitrogens with zero attached hydrogens (tertiary/aromatic N) is 4. The van der Waals surface area contributed by atoms with Gasteiger partial charge in [0.1, 0.15) is 18.6 Å². The van der Waals surface area contributed by atoms with Crippen molar-refractivity contribution in [2.24, 2.45) is 0 Å². The topological polar surface area (TPSA) is 194 Å². The van der Waals surface area contributed by atoms with Crippen molar-refractivity contribution in [3.8, 4) is 0 Å². The van der Waals surface area contributed by atoms with Crippen LogP contribution in [-0.2, 0) is 34.3 Å². The third-order valence-corrected chi connectivity index (χ3v) is 7.81. The fourth-order valence-corrected chi connectivity index (χ4v) is 5.24. The Kier molecular flexibility index (Phi) is 10.1. The van der Waals surface area contributed by atoms with Gasteiger partial charge in [-0.25, -0.2) is 9.10 Å². The second-order valence-corrected chi connectivity index (χ2v) is 11.2. The minimum absolute atomic E-state index is 0.0471. The molecule has 2 saturated heterocycles. The van der Waals surface area contributed by atoms with Crippen LogP contribution >= 0.6 is 11.8 Å². The van der Waals surface area contributed by atoms with Crippen molar-refractivity contribution in [2.75, 3.05) is 49.6 Å². The van der Waals surface area contributed by atoms with E-state index in [4.69, 9.17) is 4.55 Å². The number of para-hydroxylation sites is 1. The Morgan fingerprint density at radius 2 is 1.80 bits per heavy atom. The van der Waals surface area contributed by atoms with Crippen molar-refractivity contribution in [1.82, 2.24) is 24.7 Å². The first-order chi connectivity index (χ1) is 18.9. The smallest absolute Gasteiger partial charge is 0.341 e. The maximum absolute atomic E-state index is 13.7. The molecular weight excluding hydrogens is 568 g/mol. The number of piperazine rings is 1. The summed E-state index contributed by atoms with van der Waals surface area (Å²) in [6.07, 6.45) is 1.93. The van der Waals surface area contributed by atoms with E-state index in [0.717, 1.165) is 9.80 Å². The molecule has 0 aromatic heterocycles. The Morgan fingerprint density at radius 3 is 2.38 bits per heavy atom. The van der Waals surface area contributed by atoms with Crippen LogP contribution in [0.15, 0.2) is 30.3 Å². The van der Waals surface area contributed by atoms with Gasteiger partial charge in [-0.15, -0.1) is 0 Å². The van der Waals surface area contributed by atoms with Gasteiger partial charge in [-0.2, -0.15) is 20.2 Å². The van der Waals surface area contributed by atoms with Crippen LogP contribution in [0.2, 0.25) is 0 Å². The van der Waals surface area contributed by atoms with E-state index in [1.807, 2.05) is 0 Å². The predicted molar refractivity (Wildman–Crippen MR) is 143 cm³/mol. The average molecular weight is 599 g/mol. The van der Waals surface area contributed by atoms with Crippen LogP contribution < -0.4 is 15.5 Å². The molecule has 0 radical (unpaired) electrons. The highest BCUT2D eigenvalue weighted by atomic mass is 32.2. The molecule has 2 atom stereocenters. The normalized spacial score (nSPS) is 18.2. The molecule has 2 aliphatic rings. The molecule has 2 aliphatic heterocycles. The number of carbonyl (C=O) groups excluding carboxylic acids is 6. The second-order valence-electron chi connectivity index (χ2n) is 8.85. The van der Waals surface area contributed by atoms with Gasteiger partial charge in [-0.3, -0.25) is 33.4 Å². The minimum atomic E-state index is -4.74. The first kappa shape index (κ1) is 30.8. The molecule has 1 aromatic rings. The molecule has 40 heavy (non-hydrogen) atoms. The number of imide groups is 1. The number of hydrogen-bond acceptors (Lipinski definition) is 9. The lowest BCUT2D eigenvalue weighted by Gasteiger charge is -2.36. The number of urea groups is 1. The summed E-state index contributed by atoms with van der Waals surface area (Å²) in [5, 5.41) is 4.86. The number of benzene rings is 1. The summed E-state index contributed by atoms with van der Waals surface area (Å²) < 4.78 is 31.5. The molecule has 1 aromatic carbocycles. The van der Waals surface area contributed by atoms with E-state index in [0.29, 0.717) is 18.0 Å². The fraction of sp³-hybridized carbons (Fsp3) is 0.478. The van der Waals surface area contributed by atoms with Gasteiger partial charge in [0, 0.05) is 25.3 Å². The summed E-state index contributed by atoms with van der Waals surface area (Å²) in [5.74, 6) is -3.90. The number of hydrogen-bond donors (Lipinski definition) is 3. The quantitative estimate of drug-likeness (QED) is 0.156. The zero-order valence-electron chi connectivity index (χ0n) is 21.8. The van der Waals surface area contributed by atoms with Gasteiger partial charge in [0.25, 0.3) is 5.91 Å². The maximum atomic E-state index is 13.7. The van der Waals surface area contributed by atoms with Gasteiger partial charge in [-0.05, 0) is 37.5 Å². The highest BCUT2D eigenvalue weighted by molar-refractivity contribution is 7.98. The lowest BCUT2D eigenvalue weighted by atomic mass is 10.1. The lowest BCUT2D eigenvalue weighted by molar-refractivity contribution is -0.153. The standard InChI is InChI=1S/C23H30N6O9S2/c1-3-26-10-11-27(22(34)21(26)33)23(35)25-16(9-12-39-2)19(31)28(15-7-5-4-6-8-15)14-18(30)24-17-13-29(20(17)32)40(36,37)38/h4-8,16-17H,3,9-14H2,1-2H3,(H,24,30)(H,25,35)(H,36,37,38). The van der Waals surface area contributed by atoms with Crippen molar-refractivity contribution < 1.29 is 41.7 Å². The zero-order chi connectivity index (χ0) is 29.6.